The number of nitrogens with one attached hydrogen (secondary N) is 1. The molecule has 93 heavy (non-hydrogen) atoms. The Hall–Kier alpha value is -6.12. The minimum atomic E-state index is -1.23. The van der Waals surface area contributed by atoms with E-state index >= 15 is 0 Å². The van der Waals surface area contributed by atoms with Gasteiger partial charge in [-0.2, -0.15) is 14.0 Å². The maximum atomic E-state index is 12.4. The van der Waals surface area contributed by atoms with Crippen molar-refractivity contribution in [2.75, 3.05) is 33.0 Å². The third-order valence-electron chi connectivity index (χ3n) is 10.9. The normalized spacial score (nSPS) is 11.9. The molecule has 0 radical (unpaired) electrons. The molecule has 512 valence electrons. The van der Waals surface area contributed by atoms with Crippen LogP contribution in [0.15, 0.2) is 151 Å². The first-order valence-electron chi connectivity index (χ1n) is 29.5. The summed E-state index contributed by atoms with van der Waals surface area (Å²) in [7, 11) is -3.49. The van der Waals surface area contributed by atoms with Gasteiger partial charge in [0, 0.05) is 124 Å². The molecule has 5 atom stereocenters. The van der Waals surface area contributed by atoms with Gasteiger partial charge in [0.05, 0.1) is 71.3 Å². The van der Waals surface area contributed by atoms with Crippen LogP contribution in [-0.2, 0) is 73.8 Å². The van der Waals surface area contributed by atoms with Crippen molar-refractivity contribution in [3.63, 3.8) is 0 Å². The molecule has 0 spiro atoms. The molecule has 0 saturated carbocycles. The van der Waals surface area contributed by atoms with Gasteiger partial charge in [-0.1, -0.05) is 86.1 Å². The predicted molar refractivity (Wildman–Crippen MR) is 380 cm³/mol. The molecule has 9 N–H and O–H groups in total. The number of aliphatic hydroxyl groups excluding tert-OH is 4. The van der Waals surface area contributed by atoms with Gasteiger partial charge in [0.25, 0.3) is 0 Å². The van der Waals surface area contributed by atoms with Crippen molar-refractivity contribution in [2.24, 2.45) is 15.3 Å². The summed E-state index contributed by atoms with van der Waals surface area (Å²) in [5.74, 6) is -0.279. The van der Waals surface area contributed by atoms with E-state index in [1.807, 2.05) is 178 Å². The van der Waals surface area contributed by atoms with Crippen molar-refractivity contribution in [2.45, 2.75) is 149 Å². The molecule has 0 unspecified atom stereocenters. The summed E-state index contributed by atoms with van der Waals surface area (Å²) in [5.41, 5.74) is 13.2. The number of aromatic nitrogens is 4. The third-order valence-corrected chi connectivity index (χ3v) is 15.1. The number of fused-ring (bicyclic) bond motifs is 4. The summed E-state index contributed by atoms with van der Waals surface area (Å²) < 4.78 is 45.9. The first kappa shape index (κ1) is 93.3. The number of carbonyl (C=O) groups is 2. The van der Waals surface area contributed by atoms with Crippen LogP contribution < -0.4 is 15.6 Å². The molecular formula is C68H99ClN8O12S3Ti. The molecule has 4 aromatic carbocycles. The second-order valence-corrected chi connectivity index (χ2v) is 27.5. The van der Waals surface area contributed by atoms with E-state index in [9.17, 15) is 22.2 Å². The van der Waals surface area contributed by atoms with Crippen molar-refractivity contribution < 1.29 is 78.7 Å². The summed E-state index contributed by atoms with van der Waals surface area (Å²) in [6.45, 7) is 29.2. The second-order valence-electron chi connectivity index (χ2n) is 21.8. The minimum Gasteiger partial charge on any atom is -0.466 e. The quantitative estimate of drug-likeness (QED) is 0.0259. The number of halogens is 1. The molecule has 8 aromatic rings. The van der Waals surface area contributed by atoms with Crippen LogP contribution in [0.1, 0.15) is 162 Å². The van der Waals surface area contributed by atoms with E-state index in [4.69, 9.17) is 45.6 Å². The number of benzene rings is 4. The topological polar surface area (TPSA) is 338 Å². The van der Waals surface area contributed by atoms with Crippen molar-refractivity contribution >= 4 is 114 Å². The van der Waals surface area contributed by atoms with E-state index < -0.39 is 33.0 Å². The van der Waals surface area contributed by atoms with Gasteiger partial charge in [-0.25, -0.2) is 17.3 Å². The number of nitrogens with zero attached hydrogens (tertiary/aromatic N) is 5. The number of nitrogens with two attached hydrogens (primary N) is 2. The fourth-order valence-corrected chi connectivity index (χ4v) is 7.95. The molecule has 25 heteroatoms. The fraction of sp³-hybridized carbons (Fsp3) is 0.412. The zero-order valence-corrected chi connectivity index (χ0v) is 61.2. The van der Waals surface area contributed by atoms with Crippen LogP contribution in [0.2, 0.25) is 0 Å². The SMILES string of the molecule is CC(C)(C)[S@@](N)=O.CC(C)(C)[S@](=O)N=Cc1cnc2ccccc2c1.CCC[C@H](N[S@@](=O)C(C)(C)C)c1cnc2ccccc2c1.CCO.CCO.CCO.CCO.CCOC(=O)C[C@H](N)c1cnc2ccccc2c1.Cl.O=C=O.O=Cc1cnc2ccccc2c1.[Ti]. The van der Waals surface area contributed by atoms with E-state index in [2.05, 4.69) is 48.1 Å². The first-order chi connectivity index (χ1) is 43.0. The van der Waals surface area contributed by atoms with E-state index in [1.165, 1.54) is 0 Å². The number of hydrogen-bond acceptors (Lipinski definition) is 17. The van der Waals surface area contributed by atoms with Gasteiger partial charge in [-0.15, -0.1) is 12.4 Å². The number of ether oxygens (including phenoxy) is 1. The smallest absolute Gasteiger partial charge is 0.373 e. The Morgan fingerprint density at radius 2 is 0.925 bits per heavy atom. The number of aldehydes is 1. The van der Waals surface area contributed by atoms with Gasteiger partial charge in [-0.3, -0.25) is 34.7 Å². The largest absolute Gasteiger partial charge is 0.466 e. The molecule has 8 rings (SSSR count). The van der Waals surface area contributed by atoms with Gasteiger partial charge in [0.1, 0.15) is 11.0 Å². The number of carbonyl (C=O) groups excluding carboxylic acids is 4. The molecule has 0 aliphatic carbocycles. The Bertz CT molecular complexity index is 3470. The second kappa shape index (κ2) is 53.2. The number of para-hydroxylation sites is 4. The van der Waals surface area contributed by atoms with Crippen LogP contribution >= 0.6 is 12.4 Å². The van der Waals surface area contributed by atoms with Gasteiger partial charge < -0.3 is 30.9 Å². The van der Waals surface area contributed by atoms with Gasteiger partial charge in [-0.05, 0) is 163 Å². The number of pyridine rings is 4. The first-order valence-corrected chi connectivity index (χ1v) is 33.0. The summed E-state index contributed by atoms with van der Waals surface area (Å²) in [4.78, 5) is 55.3. The van der Waals surface area contributed by atoms with E-state index in [0.29, 0.717) is 12.2 Å². The van der Waals surface area contributed by atoms with Crippen LogP contribution in [0.4, 0.5) is 0 Å². The fourth-order valence-electron chi connectivity index (χ4n) is 6.55. The summed E-state index contributed by atoms with van der Waals surface area (Å²) in [6, 6.07) is 39.1. The molecule has 4 aromatic heterocycles. The summed E-state index contributed by atoms with van der Waals surface area (Å²) >= 11 is 0. The van der Waals surface area contributed by atoms with Crippen LogP contribution in [0, 0.1) is 0 Å². The average Bonchev–Trinajstić information content (AvgIpc) is 1.65. The minimum absolute atomic E-state index is 0. The van der Waals surface area contributed by atoms with Gasteiger partial charge >= 0.3 is 12.1 Å². The Morgan fingerprint density at radius 3 is 1.27 bits per heavy atom. The van der Waals surface area contributed by atoms with Crippen molar-refractivity contribution in [1.82, 2.24) is 24.7 Å². The monoisotopic (exact) mass is 1400 g/mol. The van der Waals surface area contributed by atoms with E-state index in [-0.39, 0.29) is 105 Å². The van der Waals surface area contributed by atoms with Gasteiger partial charge in [0.15, 0.2) is 6.29 Å². The Kier molecular flexibility index (Phi) is 53.3. The standard InChI is InChI=1S/C17H24N2OS.C14H16N2O2.C14H16N2OS.C10H7NO.C4H11NOS.4C2H6O.CO2.ClH.Ti/c1-5-8-16(19-21(20)17(2,3)4)14-11-13-9-6-7-10-15(13)18-12-14;1-2-18-14(17)8-12(15)11-7-10-5-3-4-6-13(10)16-9-11;1-14(2,3)18(17)16-10-11-8-12-6-4-5-7-13(12)15-9-11;12-7-8-5-9-3-1-2-4-10(9)11-6-8;1-4(2,3)7(5)6;4*1-2-3;2-1-3;;/h6-7,9-12,16,19H,5,8H2,1-4H3;3-7,9,12H,2,8,15H2,1H3;4-10H,1-3H3;1-7H;5H2,1-3H3;4*3H,2H2,1H3;;1H;/t16-,21-;12-;18-;;7-;;;;;;;/m000.0......./s1. The van der Waals surface area contributed by atoms with Crippen LogP contribution in [0.3, 0.4) is 0 Å². The maximum absolute atomic E-state index is 12.4. The Labute approximate surface area is 579 Å². The molecule has 0 fully saturated rings. The van der Waals surface area contributed by atoms with E-state index in [1.54, 1.807) is 59.4 Å². The van der Waals surface area contributed by atoms with E-state index in [0.717, 1.165) is 79.4 Å². The Balaban J connectivity index is -0.000000513. The molecule has 0 bridgehead atoms. The molecule has 20 nitrogen and oxygen atoms in total. The average molecular weight is 1400 g/mol. The molecule has 0 amide bonds. The molecule has 4 heterocycles. The number of rotatable bonds is 12. The zero-order chi connectivity index (χ0) is 69.6. The molecule has 0 aliphatic heterocycles. The summed E-state index contributed by atoms with van der Waals surface area (Å²) in [6.07, 6.45) is 11.8. The maximum Gasteiger partial charge on any atom is 0.373 e. The molecule has 0 aliphatic rings. The Morgan fingerprint density at radius 1 is 0.591 bits per heavy atom. The van der Waals surface area contributed by atoms with Crippen LogP contribution in [0.25, 0.3) is 43.6 Å². The molecule has 0 saturated heterocycles. The van der Waals surface area contributed by atoms with Crippen molar-refractivity contribution in [3.05, 3.63) is 168 Å². The predicted octanol–water partition coefficient (Wildman–Crippen LogP) is 11.7. The number of hydrogen-bond donors (Lipinski definition) is 7. The number of esters is 1. The molecular weight excluding hydrogens is 1300 g/mol. The third kappa shape index (κ3) is 41.4. The van der Waals surface area contributed by atoms with Crippen molar-refractivity contribution in [3.8, 4) is 0 Å². The summed E-state index contributed by atoms with van der Waals surface area (Å²) in [5, 5.41) is 39.5. The van der Waals surface area contributed by atoms with Crippen LogP contribution in [0.5, 0.6) is 0 Å². The van der Waals surface area contributed by atoms with Crippen molar-refractivity contribution in [1.29, 1.82) is 0 Å². The number of aliphatic hydroxyl groups is 4. The van der Waals surface area contributed by atoms with Crippen LogP contribution in [-0.4, -0.2) is 125 Å². The zero-order valence-electron chi connectivity index (χ0n) is 56.4. The van der Waals surface area contributed by atoms with Gasteiger partial charge in [0.2, 0.25) is 0 Å².